The van der Waals surface area contributed by atoms with Crippen LogP contribution in [-0.4, -0.2) is 52.4 Å². The quantitative estimate of drug-likeness (QED) is 0.825. The summed E-state index contributed by atoms with van der Waals surface area (Å²) in [4.78, 5) is 39.8. The van der Waals surface area contributed by atoms with E-state index in [2.05, 4.69) is 0 Å². The van der Waals surface area contributed by atoms with E-state index < -0.39 is 5.76 Å². The molecule has 0 spiro atoms. The molecule has 0 radical (unpaired) electrons. The highest BCUT2D eigenvalue weighted by Crippen LogP contribution is 2.17. The zero-order valence-corrected chi connectivity index (χ0v) is 14.1. The summed E-state index contributed by atoms with van der Waals surface area (Å²) in [6, 6.07) is 4.98. The van der Waals surface area contributed by atoms with Crippen LogP contribution < -0.4 is 5.76 Å². The van der Waals surface area contributed by atoms with Crippen molar-refractivity contribution >= 4 is 22.9 Å². The van der Waals surface area contributed by atoms with Crippen molar-refractivity contribution in [2.75, 3.05) is 26.2 Å². The average molecular weight is 331 g/mol. The Morgan fingerprint density at radius 1 is 1.08 bits per heavy atom. The van der Waals surface area contributed by atoms with Crippen LogP contribution in [0.1, 0.15) is 24.2 Å². The van der Waals surface area contributed by atoms with Crippen molar-refractivity contribution in [2.45, 2.75) is 13.8 Å². The predicted molar refractivity (Wildman–Crippen MR) is 88.8 cm³/mol. The van der Waals surface area contributed by atoms with Crippen molar-refractivity contribution in [2.24, 2.45) is 13.0 Å². The fourth-order valence-electron chi connectivity index (χ4n) is 2.94. The molecule has 0 aliphatic carbocycles. The Kier molecular flexibility index (Phi) is 4.17. The number of aromatic nitrogens is 1. The molecule has 7 nitrogen and oxygen atoms in total. The summed E-state index contributed by atoms with van der Waals surface area (Å²) in [6.45, 7) is 5.89. The largest absolute Gasteiger partial charge is 0.419 e. The zero-order valence-electron chi connectivity index (χ0n) is 14.1. The lowest BCUT2D eigenvalue weighted by atomic mass is 10.1. The molecule has 1 fully saturated rings. The fraction of sp³-hybridized carbons (Fsp3) is 0.471. The molecule has 24 heavy (non-hydrogen) atoms. The second kappa shape index (κ2) is 6.14. The summed E-state index contributed by atoms with van der Waals surface area (Å²) in [5.74, 6) is -0.452. The van der Waals surface area contributed by atoms with Gasteiger partial charge in [0.25, 0.3) is 5.91 Å². The Morgan fingerprint density at radius 3 is 2.33 bits per heavy atom. The molecule has 2 heterocycles. The third kappa shape index (κ3) is 2.81. The van der Waals surface area contributed by atoms with Gasteiger partial charge in [-0.1, -0.05) is 13.8 Å². The monoisotopic (exact) mass is 331 g/mol. The maximum absolute atomic E-state index is 12.7. The number of hydrogen-bond acceptors (Lipinski definition) is 4. The minimum absolute atomic E-state index is 0.0305. The van der Waals surface area contributed by atoms with Crippen LogP contribution in [-0.2, 0) is 11.8 Å². The first-order chi connectivity index (χ1) is 11.4. The SMILES string of the molecule is CC(C)C(=O)N1CCN(C(=O)c2ccc3oc(=O)n(C)c3c2)CC1. The van der Waals surface area contributed by atoms with E-state index >= 15 is 0 Å². The Bertz CT molecular complexity index is 841. The minimum atomic E-state index is -0.449. The molecule has 0 unspecified atom stereocenters. The Labute approximate surface area is 139 Å². The number of carbonyl (C=O) groups is 2. The number of fused-ring (bicyclic) bond motifs is 1. The molecule has 128 valence electrons. The van der Waals surface area contributed by atoms with Gasteiger partial charge in [0, 0.05) is 44.7 Å². The molecular formula is C17H21N3O4. The van der Waals surface area contributed by atoms with E-state index in [-0.39, 0.29) is 17.7 Å². The van der Waals surface area contributed by atoms with E-state index in [9.17, 15) is 14.4 Å². The van der Waals surface area contributed by atoms with E-state index in [4.69, 9.17) is 4.42 Å². The molecule has 1 aromatic carbocycles. The molecule has 0 atom stereocenters. The summed E-state index contributed by atoms with van der Waals surface area (Å²) in [5, 5.41) is 0. The number of amides is 2. The van der Waals surface area contributed by atoms with Crippen molar-refractivity contribution in [3.8, 4) is 0 Å². The molecule has 0 N–H and O–H groups in total. The predicted octanol–water partition coefficient (Wildman–Crippen LogP) is 1.07. The average Bonchev–Trinajstić information content (AvgIpc) is 2.87. The van der Waals surface area contributed by atoms with Crippen molar-refractivity contribution in [3.05, 3.63) is 34.3 Å². The van der Waals surface area contributed by atoms with Gasteiger partial charge in [-0.15, -0.1) is 0 Å². The highest BCUT2D eigenvalue weighted by Gasteiger charge is 2.26. The van der Waals surface area contributed by atoms with Crippen LogP contribution in [0.2, 0.25) is 0 Å². The van der Waals surface area contributed by atoms with Crippen molar-refractivity contribution in [3.63, 3.8) is 0 Å². The summed E-state index contributed by atoms with van der Waals surface area (Å²) in [5.41, 5.74) is 1.58. The van der Waals surface area contributed by atoms with Crippen LogP contribution >= 0.6 is 0 Å². The minimum Gasteiger partial charge on any atom is -0.408 e. The van der Waals surface area contributed by atoms with Gasteiger partial charge in [-0.25, -0.2) is 4.79 Å². The molecule has 1 aliphatic heterocycles. The first kappa shape index (κ1) is 16.3. The molecule has 2 amide bonds. The number of carbonyl (C=O) groups excluding carboxylic acids is 2. The first-order valence-corrected chi connectivity index (χ1v) is 8.06. The van der Waals surface area contributed by atoms with E-state index in [0.717, 1.165) is 0 Å². The van der Waals surface area contributed by atoms with Gasteiger partial charge in [0.05, 0.1) is 5.52 Å². The number of hydrogen-bond donors (Lipinski definition) is 0. The van der Waals surface area contributed by atoms with Gasteiger partial charge < -0.3 is 14.2 Å². The smallest absolute Gasteiger partial charge is 0.408 e. The van der Waals surface area contributed by atoms with Gasteiger partial charge in [-0.2, -0.15) is 0 Å². The lowest BCUT2D eigenvalue weighted by Gasteiger charge is -2.35. The second-order valence-corrected chi connectivity index (χ2v) is 6.38. The molecule has 1 aliphatic rings. The summed E-state index contributed by atoms with van der Waals surface area (Å²) < 4.78 is 6.46. The fourth-order valence-corrected chi connectivity index (χ4v) is 2.94. The van der Waals surface area contributed by atoms with E-state index in [0.29, 0.717) is 42.8 Å². The van der Waals surface area contributed by atoms with Crippen LogP contribution in [0, 0.1) is 5.92 Å². The zero-order chi connectivity index (χ0) is 17.4. The van der Waals surface area contributed by atoms with Gasteiger partial charge in [0.2, 0.25) is 5.91 Å². The van der Waals surface area contributed by atoms with Gasteiger partial charge in [0.15, 0.2) is 5.58 Å². The summed E-state index contributed by atoms with van der Waals surface area (Å²) >= 11 is 0. The number of oxazole rings is 1. The molecule has 0 bridgehead atoms. The van der Waals surface area contributed by atoms with E-state index in [1.54, 1.807) is 35.0 Å². The summed E-state index contributed by atoms with van der Waals surface area (Å²) in [7, 11) is 1.61. The molecule has 7 heteroatoms. The third-order valence-corrected chi connectivity index (χ3v) is 4.41. The standard InChI is InChI=1S/C17H21N3O4/c1-11(2)15(21)19-6-8-20(9-7-19)16(22)12-4-5-14-13(10-12)18(3)17(23)24-14/h4-5,10-11H,6-9H2,1-3H3. The molecule has 1 aromatic heterocycles. The van der Waals surface area contributed by atoms with Crippen LogP contribution in [0.4, 0.5) is 0 Å². The van der Waals surface area contributed by atoms with Gasteiger partial charge >= 0.3 is 5.76 Å². The molecule has 1 saturated heterocycles. The van der Waals surface area contributed by atoms with Gasteiger partial charge in [0.1, 0.15) is 0 Å². The molecule has 3 rings (SSSR count). The normalized spacial score (nSPS) is 15.3. The van der Waals surface area contributed by atoms with Crippen LogP contribution in [0.5, 0.6) is 0 Å². The molecule has 0 saturated carbocycles. The van der Waals surface area contributed by atoms with E-state index in [1.807, 2.05) is 13.8 Å². The first-order valence-electron chi connectivity index (χ1n) is 8.06. The molecule has 2 aromatic rings. The van der Waals surface area contributed by atoms with Gasteiger partial charge in [-0.05, 0) is 18.2 Å². The van der Waals surface area contributed by atoms with Gasteiger partial charge in [-0.3, -0.25) is 14.2 Å². The number of rotatable bonds is 2. The second-order valence-electron chi connectivity index (χ2n) is 6.38. The maximum atomic E-state index is 12.7. The van der Waals surface area contributed by atoms with E-state index in [1.165, 1.54) is 4.57 Å². The van der Waals surface area contributed by atoms with Crippen molar-refractivity contribution in [1.82, 2.24) is 14.4 Å². The number of piperazine rings is 1. The van der Waals surface area contributed by atoms with Crippen molar-refractivity contribution < 1.29 is 14.0 Å². The highest BCUT2D eigenvalue weighted by atomic mass is 16.4. The Balaban J connectivity index is 1.75. The number of aryl methyl sites for hydroxylation is 1. The van der Waals surface area contributed by atoms with Crippen LogP contribution in [0.3, 0.4) is 0 Å². The Hall–Kier alpha value is -2.57. The third-order valence-electron chi connectivity index (χ3n) is 4.41. The molecular weight excluding hydrogens is 310 g/mol. The lowest BCUT2D eigenvalue weighted by molar-refractivity contribution is -0.135. The van der Waals surface area contributed by atoms with Crippen molar-refractivity contribution in [1.29, 1.82) is 0 Å². The highest BCUT2D eigenvalue weighted by molar-refractivity contribution is 5.97. The summed E-state index contributed by atoms with van der Waals surface area (Å²) in [6.07, 6.45) is 0. The van der Waals surface area contributed by atoms with Crippen LogP contribution in [0.25, 0.3) is 11.1 Å². The lowest BCUT2D eigenvalue weighted by Crippen LogP contribution is -2.51. The Morgan fingerprint density at radius 2 is 1.71 bits per heavy atom. The maximum Gasteiger partial charge on any atom is 0.419 e. The number of benzene rings is 1. The number of nitrogens with zero attached hydrogens (tertiary/aromatic N) is 3. The topological polar surface area (TPSA) is 75.8 Å². The van der Waals surface area contributed by atoms with Crippen LogP contribution in [0.15, 0.2) is 27.4 Å².